The van der Waals surface area contributed by atoms with E-state index in [2.05, 4.69) is 10.0 Å². The van der Waals surface area contributed by atoms with Crippen molar-refractivity contribution in [2.24, 2.45) is 0 Å². The molecule has 150 valence electrons. The lowest BCUT2D eigenvalue weighted by Gasteiger charge is -2.12. The third-order valence-corrected chi connectivity index (χ3v) is 5.92. The molecule has 0 bridgehead atoms. The van der Waals surface area contributed by atoms with Crippen molar-refractivity contribution in [1.82, 2.24) is 10.6 Å². The lowest BCUT2D eigenvalue weighted by atomic mass is 10.2. The summed E-state index contributed by atoms with van der Waals surface area (Å²) in [6.07, 6.45) is 0. The predicted molar refractivity (Wildman–Crippen MR) is 104 cm³/mol. The lowest BCUT2D eigenvalue weighted by molar-refractivity contribution is -0.123. The van der Waals surface area contributed by atoms with Gasteiger partial charge in [0.2, 0.25) is 0 Å². The molecule has 0 aliphatic rings. The Labute approximate surface area is 166 Å². The molecule has 3 amide bonds. The molecule has 9 nitrogen and oxygen atoms in total. The Morgan fingerprint density at radius 3 is 2.46 bits per heavy atom. The summed E-state index contributed by atoms with van der Waals surface area (Å²) in [6, 6.07) is 7.98. The number of nitrogens with one attached hydrogen (secondary N) is 3. The van der Waals surface area contributed by atoms with Crippen LogP contribution in [0.2, 0.25) is 0 Å². The van der Waals surface area contributed by atoms with E-state index in [-0.39, 0.29) is 21.5 Å². The summed E-state index contributed by atoms with van der Waals surface area (Å²) < 4.78 is 32.0. The molecular formula is C17H19N3O6S2. The quantitative estimate of drug-likeness (QED) is 0.581. The number of imide groups is 1. The normalized spacial score (nSPS) is 11.0. The fraction of sp³-hybridized carbons (Fsp3) is 0.235. The highest BCUT2D eigenvalue weighted by Crippen LogP contribution is 2.23. The number of amides is 3. The summed E-state index contributed by atoms with van der Waals surface area (Å²) in [6.45, 7) is 2.74. The minimum atomic E-state index is -3.86. The first-order valence-electron chi connectivity index (χ1n) is 8.12. The van der Waals surface area contributed by atoms with Crippen LogP contribution in [0.4, 0.5) is 10.5 Å². The van der Waals surface area contributed by atoms with Gasteiger partial charge in [-0.25, -0.2) is 18.0 Å². The maximum absolute atomic E-state index is 12.4. The van der Waals surface area contributed by atoms with Gasteiger partial charge in [0.25, 0.3) is 15.9 Å². The average Bonchev–Trinajstić information content (AvgIpc) is 3.14. The number of anilines is 1. The molecule has 0 atom stereocenters. The third kappa shape index (κ3) is 6.06. The summed E-state index contributed by atoms with van der Waals surface area (Å²) in [5, 5.41) is 6.08. The number of urea groups is 1. The lowest BCUT2D eigenvalue weighted by Crippen LogP contribution is -2.44. The van der Waals surface area contributed by atoms with E-state index in [1.807, 2.05) is 5.32 Å². The largest absolute Gasteiger partial charge is 0.452 e. The minimum absolute atomic E-state index is 0.0128. The molecule has 28 heavy (non-hydrogen) atoms. The van der Waals surface area contributed by atoms with Crippen LogP contribution < -0.4 is 15.4 Å². The van der Waals surface area contributed by atoms with Crippen molar-refractivity contribution in [2.75, 3.05) is 11.3 Å². The van der Waals surface area contributed by atoms with E-state index in [9.17, 15) is 22.8 Å². The molecule has 0 aliphatic heterocycles. The van der Waals surface area contributed by atoms with E-state index in [1.54, 1.807) is 31.4 Å². The first-order valence-corrected chi connectivity index (χ1v) is 10.5. The van der Waals surface area contributed by atoms with E-state index in [0.29, 0.717) is 0 Å². The van der Waals surface area contributed by atoms with Crippen molar-refractivity contribution in [1.29, 1.82) is 0 Å². The van der Waals surface area contributed by atoms with Crippen molar-refractivity contribution in [2.45, 2.75) is 24.1 Å². The molecule has 2 aromatic rings. The van der Waals surface area contributed by atoms with Crippen molar-refractivity contribution >= 4 is 45.0 Å². The molecule has 0 radical (unpaired) electrons. The van der Waals surface area contributed by atoms with Crippen LogP contribution in [0.15, 0.2) is 46.0 Å². The highest BCUT2D eigenvalue weighted by molar-refractivity contribution is 7.94. The van der Waals surface area contributed by atoms with Crippen molar-refractivity contribution in [3.8, 4) is 0 Å². The van der Waals surface area contributed by atoms with Gasteiger partial charge in [-0.1, -0.05) is 18.2 Å². The van der Waals surface area contributed by atoms with E-state index in [1.165, 1.54) is 24.3 Å². The molecule has 0 aliphatic carbocycles. The van der Waals surface area contributed by atoms with Crippen molar-refractivity contribution < 1.29 is 27.5 Å². The Kier molecular flexibility index (Phi) is 7.12. The molecule has 0 spiro atoms. The van der Waals surface area contributed by atoms with Gasteiger partial charge in [0.1, 0.15) is 4.21 Å². The minimum Gasteiger partial charge on any atom is -0.452 e. The number of thiophene rings is 1. The van der Waals surface area contributed by atoms with E-state index >= 15 is 0 Å². The summed E-state index contributed by atoms with van der Waals surface area (Å²) >= 11 is 1.03. The zero-order chi connectivity index (χ0) is 20.7. The first kappa shape index (κ1) is 21.4. The number of hydrogen-bond acceptors (Lipinski definition) is 7. The van der Waals surface area contributed by atoms with Crippen LogP contribution in [0.5, 0.6) is 0 Å². The zero-order valence-corrected chi connectivity index (χ0v) is 16.7. The van der Waals surface area contributed by atoms with Crippen LogP contribution in [-0.2, 0) is 19.6 Å². The number of benzene rings is 1. The average molecular weight is 425 g/mol. The molecule has 1 aromatic heterocycles. The van der Waals surface area contributed by atoms with Gasteiger partial charge in [-0.15, -0.1) is 11.3 Å². The van der Waals surface area contributed by atoms with Crippen LogP contribution in [0, 0.1) is 0 Å². The molecule has 11 heteroatoms. The summed E-state index contributed by atoms with van der Waals surface area (Å²) in [7, 11) is -3.86. The van der Waals surface area contributed by atoms with Gasteiger partial charge in [0.15, 0.2) is 6.61 Å². The van der Waals surface area contributed by atoms with Gasteiger partial charge >= 0.3 is 12.0 Å². The van der Waals surface area contributed by atoms with Gasteiger partial charge in [0.05, 0.1) is 11.3 Å². The van der Waals surface area contributed by atoms with Crippen LogP contribution in [0.1, 0.15) is 24.2 Å². The third-order valence-electron chi connectivity index (χ3n) is 3.16. The number of esters is 1. The first-order chi connectivity index (χ1) is 13.2. The Hall–Kier alpha value is -2.92. The molecule has 2 rings (SSSR count). The van der Waals surface area contributed by atoms with E-state index < -0.39 is 34.5 Å². The standard InChI is InChI=1S/C17H19N3O6S2/c1-11(2)18-17(23)19-14(21)10-26-16(22)12-6-3-4-7-13(12)20-28(24,25)15-8-5-9-27-15/h3-9,11,20H,10H2,1-2H3,(H2,18,19,21,23). The maximum Gasteiger partial charge on any atom is 0.340 e. The summed E-state index contributed by atoms with van der Waals surface area (Å²) in [4.78, 5) is 35.4. The van der Waals surface area contributed by atoms with Crippen LogP contribution in [0.3, 0.4) is 0 Å². The molecule has 0 saturated carbocycles. The fourth-order valence-corrected chi connectivity index (χ4v) is 4.10. The van der Waals surface area contributed by atoms with Crippen molar-refractivity contribution in [3.63, 3.8) is 0 Å². The zero-order valence-electron chi connectivity index (χ0n) is 15.1. The Bertz CT molecular complexity index is 955. The summed E-state index contributed by atoms with van der Waals surface area (Å²) in [5.74, 6) is -1.73. The fourth-order valence-electron chi connectivity index (χ4n) is 2.03. The second-order valence-electron chi connectivity index (χ2n) is 5.84. The highest BCUT2D eigenvalue weighted by atomic mass is 32.2. The van der Waals surface area contributed by atoms with E-state index in [0.717, 1.165) is 11.3 Å². The molecule has 0 unspecified atom stereocenters. The molecule has 1 aromatic carbocycles. The van der Waals surface area contributed by atoms with Gasteiger partial charge in [-0.05, 0) is 37.4 Å². The predicted octanol–water partition coefficient (Wildman–Crippen LogP) is 1.94. The number of ether oxygens (including phenoxy) is 1. The van der Waals surface area contributed by atoms with Crippen LogP contribution in [-0.4, -0.2) is 39.0 Å². The topological polar surface area (TPSA) is 131 Å². The molecule has 0 saturated heterocycles. The molecular weight excluding hydrogens is 406 g/mol. The number of para-hydroxylation sites is 1. The molecule has 1 heterocycles. The summed E-state index contributed by atoms with van der Waals surface area (Å²) in [5.41, 5.74) is -0.0547. The highest BCUT2D eigenvalue weighted by Gasteiger charge is 2.21. The Morgan fingerprint density at radius 1 is 1.11 bits per heavy atom. The van der Waals surface area contributed by atoms with Crippen molar-refractivity contribution in [3.05, 3.63) is 47.3 Å². The monoisotopic (exact) mass is 425 g/mol. The SMILES string of the molecule is CC(C)NC(=O)NC(=O)COC(=O)c1ccccc1NS(=O)(=O)c1cccs1. The van der Waals surface area contributed by atoms with Gasteiger partial charge in [-0.2, -0.15) is 0 Å². The molecule has 3 N–H and O–H groups in total. The Balaban J connectivity index is 2.03. The number of sulfonamides is 1. The molecule has 0 fully saturated rings. The maximum atomic E-state index is 12.4. The van der Waals surface area contributed by atoms with Gasteiger partial charge in [0, 0.05) is 6.04 Å². The van der Waals surface area contributed by atoms with Gasteiger partial charge < -0.3 is 10.1 Å². The smallest absolute Gasteiger partial charge is 0.340 e. The van der Waals surface area contributed by atoms with Gasteiger partial charge in [-0.3, -0.25) is 14.8 Å². The number of hydrogen-bond donors (Lipinski definition) is 3. The Morgan fingerprint density at radius 2 is 1.82 bits per heavy atom. The second kappa shape index (κ2) is 9.33. The van der Waals surface area contributed by atoms with Crippen LogP contribution in [0.25, 0.3) is 0 Å². The van der Waals surface area contributed by atoms with E-state index in [4.69, 9.17) is 4.74 Å². The number of rotatable bonds is 7. The number of carbonyl (C=O) groups excluding carboxylic acids is 3. The van der Waals surface area contributed by atoms with Crippen LogP contribution >= 0.6 is 11.3 Å². The second-order valence-corrected chi connectivity index (χ2v) is 8.69. The number of carbonyl (C=O) groups is 3.